The number of hydrogen-bond acceptors (Lipinski definition) is 2. The van der Waals surface area contributed by atoms with Crippen LogP contribution in [0.5, 0.6) is 0 Å². The SMILES string of the molecule is Cc1ccc(C(=O)C2=COCCC2)cc1Cl. The van der Waals surface area contributed by atoms with Gasteiger partial charge in [0.15, 0.2) is 5.78 Å². The molecule has 0 saturated heterocycles. The number of halogens is 1. The first-order valence-corrected chi connectivity index (χ1v) is 5.68. The van der Waals surface area contributed by atoms with E-state index in [1.165, 1.54) is 0 Å². The smallest absolute Gasteiger partial charge is 0.192 e. The summed E-state index contributed by atoms with van der Waals surface area (Å²) in [5.74, 6) is 0.0154. The fourth-order valence-electron chi connectivity index (χ4n) is 1.65. The van der Waals surface area contributed by atoms with E-state index in [0.717, 1.165) is 24.0 Å². The number of carbonyl (C=O) groups excluding carboxylic acids is 1. The minimum absolute atomic E-state index is 0.0154. The van der Waals surface area contributed by atoms with Crippen LogP contribution in [0, 0.1) is 6.92 Å². The number of benzene rings is 1. The lowest BCUT2D eigenvalue weighted by atomic mass is 9.99. The van der Waals surface area contributed by atoms with Crippen LogP contribution in [0.1, 0.15) is 28.8 Å². The Morgan fingerprint density at radius 1 is 1.44 bits per heavy atom. The molecule has 0 aliphatic carbocycles. The second-order valence-corrected chi connectivity index (χ2v) is 4.32. The largest absolute Gasteiger partial charge is 0.501 e. The maximum atomic E-state index is 12.1. The van der Waals surface area contributed by atoms with Gasteiger partial charge in [0.1, 0.15) is 0 Å². The van der Waals surface area contributed by atoms with Crippen molar-refractivity contribution in [1.29, 1.82) is 0 Å². The molecule has 84 valence electrons. The average Bonchev–Trinajstić information content (AvgIpc) is 2.33. The van der Waals surface area contributed by atoms with Crippen molar-refractivity contribution in [2.24, 2.45) is 0 Å². The first kappa shape index (κ1) is 11.2. The van der Waals surface area contributed by atoms with Crippen LogP contribution in [0.3, 0.4) is 0 Å². The van der Waals surface area contributed by atoms with Crippen molar-refractivity contribution in [3.63, 3.8) is 0 Å². The highest BCUT2D eigenvalue weighted by Gasteiger charge is 2.15. The number of ether oxygens (including phenoxy) is 1. The second kappa shape index (κ2) is 4.71. The van der Waals surface area contributed by atoms with Crippen molar-refractivity contribution in [3.05, 3.63) is 46.2 Å². The molecule has 2 rings (SSSR count). The molecule has 16 heavy (non-hydrogen) atoms. The molecule has 0 radical (unpaired) electrons. The van der Waals surface area contributed by atoms with Gasteiger partial charge >= 0.3 is 0 Å². The van der Waals surface area contributed by atoms with Gasteiger partial charge in [-0.2, -0.15) is 0 Å². The summed E-state index contributed by atoms with van der Waals surface area (Å²) in [6.45, 7) is 2.62. The van der Waals surface area contributed by atoms with E-state index in [1.807, 2.05) is 13.0 Å². The van der Waals surface area contributed by atoms with E-state index in [9.17, 15) is 4.79 Å². The molecule has 1 aromatic rings. The van der Waals surface area contributed by atoms with Crippen molar-refractivity contribution in [2.75, 3.05) is 6.61 Å². The van der Waals surface area contributed by atoms with Crippen LogP contribution in [0.15, 0.2) is 30.0 Å². The van der Waals surface area contributed by atoms with E-state index in [4.69, 9.17) is 16.3 Å². The summed E-state index contributed by atoms with van der Waals surface area (Å²) in [7, 11) is 0. The lowest BCUT2D eigenvalue weighted by Gasteiger charge is -2.12. The second-order valence-electron chi connectivity index (χ2n) is 3.91. The molecule has 0 N–H and O–H groups in total. The molecule has 0 amide bonds. The number of rotatable bonds is 2. The van der Waals surface area contributed by atoms with E-state index in [2.05, 4.69) is 0 Å². The van der Waals surface area contributed by atoms with Crippen LogP contribution in [0.25, 0.3) is 0 Å². The predicted octanol–water partition coefficient (Wildman–Crippen LogP) is 3.53. The first-order valence-electron chi connectivity index (χ1n) is 5.30. The van der Waals surface area contributed by atoms with Gasteiger partial charge in [-0.05, 0) is 31.4 Å². The Kier molecular flexibility index (Phi) is 3.30. The number of hydrogen-bond donors (Lipinski definition) is 0. The molecular formula is C13H13ClO2. The maximum absolute atomic E-state index is 12.1. The minimum Gasteiger partial charge on any atom is -0.501 e. The van der Waals surface area contributed by atoms with Gasteiger partial charge in [-0.3, -0.25) is 4.79 Å². The Morgan fingerprint density at radius 3 is 2.88 bits per heavy atom. The molecule has 1 aliphatic heterocycles. The molecule has 0 spiro atoms. The molecule has 1 aromatic carbocycles. The third-order valence-corrected chi connectivity index (χ3v) is 3.07. The summed E-state index contributed by atoms with van der Waals surface area (Å²) in [6, 6.07) is 5.38. The van der Waals surface area contributed by atoms with Crippen molar-refractivity contribution in [2.45, 2.75) is 19.8 Å². The summed E-state index contributed by atoms with van der Waals surface area (Å²) < 4.78 is 5.16. The number of carbonyl (C=O) groups is 1. The highest BCUT2D eigenvalue weighted by atomic mass is 35.5. The van der Waals surface area contributed by atoms with Crippen molar-refractivity contribution < 1.29 is 9.53 Å². The summed E-state index contributed by atoms with van der Waals surface area (Å²) in [4.78, 5) is 12.1. The molecule has 1 heterocycles. The maximum Gasteiger partial charge on any atom is 0.192 e. The predicted molar refractivity (Wildman–Crippen MR) is 63.8 cm³/mol. The van der Waals surface area contributed by atoms with Gasteiger partial charge < -0.3 is 4.74 Å². The molecule has 0 aromatic heterocycles. The Balaban J connectivity index is 2.26. The quantitative estimate of drug-likeness (QED) is 0.735. The Labute approximate surface area is 99.9 Å². The van der Waals surface area contributed by atoms with E-state index >= 15 is 0 Å². The van der Waals surface area contributed by atoms with Crippen LogP contribution < -0.4 is 0 Å². The summed E-state index contributed by atoms with van der Waals surface area (Å²) in [5.41, 5.74) is 2.34. The standard InChI is InChI=1S/C13H13ClO2/c1-9-4-5-10(7-12(9)14)13(15)11-3-2-6-16-8-11/h4-5,7-8H,2-3,6H2,1H3. The highest BCUT2D eigenvalue weighted by Crippen LogP contribution is 2.21. The van der Waals surface area contributed by atoms with E-state index in [1.54, 1.807) is 18.4 Å². The van der Waals surface area contributed by atoms with E-state index in [-0.39, 0.29) is 5.78 Å². The van der Waals surface area contributed by atoms with Crippen molar-refractivity contribution in [3.8, 4) is 0 Å². The monoisotopic (exact) mass is 236 g/mol. The van der Waals surface area contributed by atoms with Crippen molar-refractivity contribution in [1.82, 2.24) is 0 Å². The zero-order valence-electron chi connectivity index (χ0n) is 9.13. The highest BCUT2D eigenvalue weighted by molar-refractivity contribution is 6.31. The Bertz CT molecular complexity index is 449. The van der Waals surface area contributed by atoms with Gasteiger partial charge in [-0.15, -0.1) is 0 Å². The van der Waals surface area contributed by atoms with Crippen LogP contribution in [0.2, 0.25) is 5.02 Å². The van der Waals surface area contributed by atoms with Gasteiger partial charge in [-0.1, -0.05) is 23.7 Å². The Morgan fingerprint density at radius 2 is 2.25 bits per heavy atom. The van der Waals surface area contributed by atoms with Gasteiger partial charge in [-0.25, -0.2) is 0 Å². The summed E-state index contributed by atoms with van der Waals surface area (Å²) >= 11 is 5.99. The number of ketones is 1. The molecule has 1 aliphatic rings. The van der Waals surface area contributed by atoms with Gasteiger partial charge in [0.2, 0.25) is 0 Å². The molecule has 0 unspecified atom stereocenters. The third-order valence-electron chi connectivity index (χ3n) is 2.66. The zero-order chi connectivity index (χ0) is 11.5. The third kappa shape index (κ3) is 2.27. The number of allylic oxidation sites excluding steroid dienone is 1. The fourth-order valence-corrected chi connectivity index (χ4v) is 1.83. The molecule has 0 atom stereocenters. The molecule has 0 fully saturated rings. The number of Topliss-reactive ketones (excluding diaryl/α,β-unsaturated/α-hetero) is 1. The van der Waals surface area contributed by atoms with Gasteiger partial charge in [0.05, 0.1) is 12.9 Å². The fraction of sp³-hybridized carbons (Fsp3) is 0.308. The number of aryl methyl sites for hydroxylation is 1. The van der Waals surface area contributed by atoms with Crippen molar-refractivity contribution >= 4 is 17.4 Å². The van der Waals surface area contributed by atoms with Crippen LogP contribution in [0.4, 0.5) is 0 Å². The van der Waals surface area contributed by atoms with E-state index < -0.39 is 0 Å². The lowest BCUT2D eigenvalue weighted by molar-refractivity contribution is 0.101. The molecule has 2 nitrogen and oxygen atoms in total. The Hall–Kier alpha value is -1.28. The van der Waals surface area contributed by atoms with E-state index in [0.29, 0.717) is 17.2 Å². The normalized spacial score (nSPS) is 15.2. The van der Waals surface area contributed by atoms with Gasteiger partial charge in [0.25, 0.3) is 0 Å². The van der Waals surface area contributed by atoms with Gasteiger partial charge in [0, 0.05) is 16.2 Å². The molecule has 3 heteroatoms. The molecule has 0 bridgehead atoms. The topological polar surface area (TPSA) is 26.3 Å². The molecule has 0 saturated carbocycles. The summed E-state index contributed by atoms with van der Waals surface area (Å²) in [5, 5.41) is 0.628. The molecular weight excluding hydrogens is 224 g/mol. The average molecular weight is 237 g/mol. The first-order chi connectivity index (χ1) is 7.68. The summed E-state index contributed by atoms with van der Waals surface area (Å²) in [6.07, 6.45) is 3.25. The zero-order valence-corrected chi connectivity index (χ0v) is 9.88. The van der Waals surface area contributed by atoms with Crippen LogP contribution in [-0.2, 0) is 4.74 Å². The van der Waals surface area contributed by atoms with Crippen LogP contribution in [-0.4, -0.2) is 12.4 Å². The minimum atomic E-state index is 0.0154. The van der Waals surface area contributed by atoms with Crippen LogP contribution >= 0.6 is 11.6 Å². The lowest BCUT2D eigenvalue weighted by Crippen LogP contribution is -2.09.